The third-order valence-corrected chi connectivity index (χ3v) is 3.31. The number of aromatic nitrogens is 1. The van der Waals surface area contributed by atoms with Crippen LogP contribution in [0.5, 0.6) is 0 Å². The molecule has 0 fully saturated rings. The normalized spacial score (nSPS) is 19.9. The molecular formula is C14H20FN3O2. The predicted molar refractivity (Wildman–Crippen MR) is 74.1 cm³/mol. The van der Waals surface area contributed by atoms with Gasteiger partial charge in [0.1, 0.15) is 6.61 Å². The number of aryl methyl sites for hydroxylation is 2. The predicted octanol–water partition coefficient (Wildman–Crippen LogP) is 2.04. The standard InChI is InChI=1S/C14H20FN3O2/c1-10-5-6-11-3-2-4-12(14(11)18-10)7-17-20-9-13(15)8-19-16/h5-7,12-13H,2-4,8-9,16H2,1H3. The molecule has 0 saturated heterocycles. The molecule has 0 radical (unpaired) electrons. The zero-order valence-corrected chi connectivity index (χ0v) is 11.6. The first-order valence-corrected chi connectivity index (χ1v) is 6.78. The third kappa shape index (κ3) is 3.98. The van der Waals surface area contributed by atoms with Crippen LogP contribution in [0.3, 0.4) is 0 Å². The lowest BCUT2D eigenvalue weighted by Crippen LogP contribution is -2.18. The number of alkyl halides is 1. The van der Waals surface area contributed by atoms with Gasteiger partial charge in [-0.3, -0.25) is 4.98 Å². The summed E-state index contributed by atoms with van der Waals surface area (Å²) in [5, 5.41) is 3.84. The summed E-state index contributed by atoms with van der Waals surface area (Å²) in [7, 11) is 0. The van der Waals surface area contributed by atoms with Crippen LogP contribution in [0.4, 0.5) is 4.39 Å². The van der Waals surface area contributed by atoms with E-state index in [1.54, 1.807) is 6.21 Å². The number of oxime groups is 1. The number of nitrogens with zero attached hydrogens (tertiary/aromatic N) is 2. The highest BCUT2D eigenvalue weighted by Crippen LogP contribution is 2.28. The molecule has 2 atom stereocenters. The Balaban J connectivity index is 1.93. The SMILES string of the molecule is Cc1ccc2c(n1)C(C=NOCC(F)CON)CCC2. The monoisotopic (exact) mass is 281 g/mol. The number of hydrogen-bond acceptors (Lipinski definition) is 5. The summed E-state index contributed by atoms with van der Waals surface area (Å²) >= 11 is 0. The zero-order valence-electron chi connectivity index (χ0n) is 11.6. The van der Waals surface area contributed by atoms with E-state index in [4.69, 9.17) is 10.7 Å². The first kappa shape index (κ1) is 14.9. The van der Waals surface area contributed by atoms with Crippen molar-refractivity contribution < 1.29 is 14.1 Å². The Morgan fingerprint density at radius 3 is 3.20 bits per heavy atom. The fourth-order valence-corrected chi connectivity index (χ4v) is 2.33. The van der Waals surface area contributed by atoms with Gasteiger partial charge in [-0.15, -0.1) is 0 Å². The Morgan fingerprint density at radius 1 is 1.55 bits per heavy atom. The smallest absolute Gasteiger partial charge is 0.162 e. The molecule has 2 N–H and O–H groups in total. The molecule has 1 aliphatic carbocycles. The average molecular weight is 281 g/mol. The Morgan fingerprint density at radius 2 is 2.40 bits per heavy atom. The quantitative estimate of drug-likeness (QED) is 0.640. The van der Waals surface area contributed by atoms with Crippen molar-refractivity contribution in [2.45, 2.75) is 38.3 Å². The van der Waals surface area contributed by atoms with Gasteiger partial charge in [-0.2, -0.15) is 0 Å². The molecule has 2 unspecified atom stereocenters. The van der Waals surface area contributed by atoms with Gasteiger partial charge in [-0.1, -0.05) is 11.2 Å². The van der Waals surface area contributed by atoms with E-state index < -0.39 is 6.17 Å². The molecule has 110 valence electrons. The van der Waals surface area contributed by atoms with Gasteiger partial charge in [-0.25, -0.2) is 10.3 Å². The summed E-state index contributed by atoms with van der Waals surface area (Å²) in [6, 6.07) is 4.14. The van der Waals surface area contributed by atoms with Crippen LogP contribution in [-0.2, 0) is 16.1 Å². The summed E-state index contributed by atoms with van der Waals surface area (Å²) in [5.41, 5.74) is 3.32. The van der Waals surface area contributed by atoms with Gasteiger partial charge in [0, 0.05) is 11.6 Å². The van der Waals surface area contributed by atoms with Crippen molar-refractivity contribution in [2.75, 3.05) is 13.2 Å². The molecule has 0 bridgehead atoms. The number of rotatable bonds is 6. The molecule has 6 heteroatoms. The van der Waals surface area contributed by atoms with Crippen molar-refractivity contribution in [2.24, 2.45) is 11.1 Å². The van der Waals surface area contributed by atoms with Crippen LogP contribution in [-0.4, -0.2) is 30.6 Å². The summed E-state index contributed by atoms with van der Waals surface area (Å²) in [6.45, 7) is 1.62. The fraction of sp³-hybridized carbons (Fsp3) is 0.571. The van der Waals surface area contributed by atoms with Crippen LogP contribution >= 0.6 is 0 Å². The first-order chi connectivity index (χ1) is 9.70. The molecule has 0 amide bonds. The minimum absolute atomic E-state index is 0.141. The fourth-order valence-electron chi connectivity index (χ4n) is 2.33. The van der Waals surface area contributed by atoms with Crippen LogP contribution in [0.15, 0.2) is 17.3 Å². The van der Waals surface area contributed by atoms with E-state index in [0.717, 1.165) is 30.7 Å². The van der Waals surface area contributed by atoms with Gasteiger partial charge in [0.05, 0.1) is 11.9 Å². The van der Waals surface area contributed by atoms with Crippen molar-refractivity contribution in [3.63, 3.8) is 0 Å². The van der Waals surface area contributed by atoms with Crippen molar-refractivity contribution in [1.82, 2.24) is 4.98 Å². The number of pyridine rings is 1. The van der Waals surface area contributed by atoms with E-state index in [-0.39, 0.29) is 19.1 Å². The molecule has 0 aromatic carbocycles. The van der Waals surface area contributed by atoms with Crippen LogP contribution in [0.25, 0.3) is 0 Å². The molecule has 1 aromatic rings. The third-order valence-electron chi connectivity index (χ3n) is 3.31. The number of hydrogen-bond donors (Lipinski definition) is 1. The maximum atomic E-state index is 13.0. The highest BCUT2D eigenvalue weighted by Gasteiger charge is 2.20. The maximum Gasteiger partial charge on any atom is 0.162 e. The Bertz CT molecular complexity index is 468. The zero-order chi connectivity index (χ0) is 14.4. The summed E-state index contributed by atoms with van der Waals surface area (Å²) in [4.78, 5) is 13.7. The number of fused-ring (bicyclic) bond motifs is 1. The van der Waals surface area contributed by atoms with Crippen LogP contribution in [0.1, 0.15) is 35.7 Å². The molecule has 0 spiro atoms. The second kappa shape index (κ2) is 7.31. The van der Waals surface area contributed by atoms with Gasteiger partial charge in [-0.05, 0) is 37.8 Å². The van der Waals surface area contributed by atoms with Crippen LogP contribution < -0.4 is 5.90 Å². The van der Waals surface area contributed by atoms with Crippen molar-refractivity contribution >= 4 is 6.21 Å². The van der Waals surface area contributed by atoms with Crippen molar-refractivity contribution in [3.8, 4) is 0 Å². The Labute approximate surface area is 117 Å². The highest BCUT2D eigenvalue weighted by molar-refractivity contribution is 5.67. The minimum Gasteiger partial charge on any atom is -0.393 e. The number of nitrogens with two attached hydrogens (primary N) is 1. The van der Waals surface area contributed by atoms with E-state index in [1.165, 1.54) is 5.56 Å². The van der Waals surface area contributed by atoms with Gasteiger partial charge >= 0.3 is 0 Å². The largest absolute Gasteiger partial charge is 0.393 e. The van der Waals surface area contributed by atoms with Crippen LogP contribution in [0.2, 0.25) is 0 Å². The summed E-state index contributed by atoms with van der Waals surface area (Å²) < 4.78 is 13.0. The lowest BCUT2D eigenvalue weighted by Gasteiger charge is -2.21. The molecular weight excluding hydrogens is 261 g/mol. The second-order valence-corrected chi connectivity index (χ2v) is 4.98. The van der Waals surface area contributed by atoms with E-state index in [9.17, 15) is 4.39 Å². The van der Waals surface area contributed by atoms with Crippen molar-refractivity contribution in [3.05, 3.63) is 29.1 Å². The lowest BCUT2D eigenvalue weighted by atomic mass is 9.87. The lowest BCUT2D eigenvalue weighted by molar-refractivity contribution is 0.0234. The number of halogens is 1. The molecule has 0 saturated carbocycles. The van der Waals surface area contributed by atoms with Gasteiger partial charge in [0.2, 0.25) is 0 Å². The molecule has 20 heavy (non-hydrogen) atoms. The molecule has 2 rings (SSSR count). The maximum absolute atomic E-state index is 13.0. The molecule has 1 aromatic heterocycles. The Kier molecular flexibility index (Phi) is 5.43. The second-order valence-electron chi connectivity index (χ2n) is 4.98. The Hall–Kier alpha value is -1.53. The summed E-state index contributed by atoms with van der Waals surface area (Å²) in [5.74, 6) is 4.92. The van der Waals surface area contributed by atoms with E-state index in [2.05, 4.69) is 21.0 Å². The highest BCUT2D eigenvalue weighted by atomic mass is 19.1. The van der Waals surface area contributed by atoms with Crippen LogP contribution in [0, 0.1) is 6.92 Å². The molecule has 1 heterocycles. The molecule has 1 aliphatic rings. The van der Waals surface area contributed by atoms with E-state index in [0.29, 0.717) is 0 Å². The van der Waals surface area contributed by atoms with Gasteiger partial charge < -0.3 is 9.68 Å². The van der Waals surface area contributed by atoms with Gasteiger partial charge in [0.15, 0.2) is 12.8 Å². The average Bonchev–Trinajstić information content (AvgIpc) is 2.44. The molecule has 0 aliphatic heterocycles. The van der Waals surface area contributed by atoms with Crippen molar-refractivity contribution in [1.29, 1.82) is 0 Å². The van der Waals surface area contributed by atoms with E-state index in [1.807, 2.05) is 13.0 Å². The first-order valence-electron chi connectivity index (χ1n) is 6.78. The topological polar surface area (TPSA) is 69.7 Å². The van der Waals surface area contributed by atoms with Gasteiger partial charge in [0.25, 0.3) is 0 Å². The molecule has 5 nitrogen and oxygen atoms in total. The minimum atomic E-state index is -1.27. The summed E-state index contributed by atoms with van der Waals surface area (Å²) in [6.07, 6.45) is 3.58. The van der Waals surface area contributed by atoms with E-state index >= 15 is 0 Å².